The van der Waals surface area contributed by atoms with Crippen LogP contribution in [0, 0.1) is 11.3 Å². The van der Waals surface area contributed by atoms with Crippen molar-refractivity contribution in [2.45, 2.75) is 19.3 Å². The van der Waals surface area contributed by atoms with Crippen LogP contribution in [-0.2, 0) is 9.45 Å². The van der Waals surface area contributed by atoms with Crippen LogP contribution in [0.4, 0.5) is 5.69 Å². The Bertz CT molecular complexity index is 885. The molecule has 4 nitrogen and oxygen atoms in total. The Labute approximate surface area is 167 Å². The summed E-state index contributed by atoms with van der Waals surface area (Å²) in [5, 5.41) is 11.6. The van der Waals surface area contributed by atoms with E-state index in [0.717, 1.165) is 24.0 Å². The van der Waals surface area contributed by atoms with Gasteiger partial charge in [0.25, 0.3) is 0 Å². The first-order valence-corrected chi connectivity index (χ1v) is 9.98. The zero-order valence-corrected chi connectivity index (χ0v) is 16.9. The van der Waals surface area contributed by atoms with Crippen molar-refractivity contribution < 1.29 is 9.45 Å². The second-order valence-corrected chi connectivity index (χ2v) is 7.56. The van der Waals surface area contributed by atoms with E-state index in [4.69, 9.17) is 4.65 Å². The van der Waals surface area contributed by atoms with Crippen LogP contribution in [0.15, 0.2) is 42.0 Å². The van der Waals surface area contributed by atoms with Crippen LogP contribution in [-0.4, -0.2) is 30.7 Å². The molecule has 1 aliphatic heterocycles. The topological polar surface area (TPSA) is 53.3 Å². The molecule has 1 fully saturated rings. The molecule has 0 amide bonds. The maximum absolute atomic E-state index is 12.2. The average molecular weight is 458 g/mol. The van der Waals surface area contributed by atoms with E-state index in [-0.39, 0.29) is 11.3 Å². The van der Waals surface area contributed by atoms with Crippen molar-refractivity contribution in [3.8, 4) is 6.07 Å². The Hall–Kier alpha value is -1.85. The van der Waals surface area contributed by atoms with Gasteiger partial charge in [0.05, 0.1) is 5.57 Å². The molecule has 26 heavy (non-hydrogen) atoms. The smallest absolute Gasteiger partial charge is 0.423 e. The highest BCUT2D eigenvalue weighted by Crippen LogP contribution is 2.26. The number of piperidine rings is 1. The molecule has 1 heterocycles. The fourth-order valence-electron chi connectivity index (χ4n) is 3.24. The van der Waals surface area contributed by atoms with E-state index in [9.17, 15) is 10.1 Å². The van der Waals surface area contributed by atoms with Gasteiger partial charge in [-0.2, -0.15) is 5.26 Å². The fraction of sp³-hybridized carbons (Fsp3) is 0.300. The Morgan fingerprint density at radius 3 is 2.58 bits per heavy atom. The van der Waals surface area contributed by atoms with Crippen molar-refractivity contribution in [1.29, 1.82) is 5.26 Å². The van der Waals surface area contributed by atoms with Crippen molar-refractivity contribution in [3.05, 3.63) is 47.5 Å². The lowest BCUT2D eigenvalue weighted by molar-refractivity contribution is -0.109. The SMILES string of the molecule is COB(I)C(=O)/C(C#N)=C/c1ccc2cc(N3CCCCC3)ccc2c1. The van der Waals surface area contributed by atoms with Crippen LogP contribution in [0.3, 0.4) is 0 Å². The number of benzene rings is 2. The molecular weight excluding hydrogens is 438 g/mol. The molecule has 1 saturated heterocycles. The first-order chi connectivity index (χ1) is 12.6. The van der Waals surface area contributed by atoms with E-state index in [1.165, 1.54) is 37.4 Å². The summed E-state index contributed by atoms with van der Waals surface area (Å²) in [6.45, 7) is 2.24. The molecule has 6 heteroatoms. The van der Waals surface area contributed by atoms with E-state index in [1.54, 1.807) is 6.08 Å². The summed E-state index contributed by atoms with van der Waals surface area (Å²) >= 11 is 1.88. The fourth-order valence-corrected chi connectivity index (χ4v) is 3.58. The third kappa shape index (κ3) is 4.28. The van der Waals surface area contributed by atoms with Gasteiger partial charge in [-0.15, -0.1) is 0 Å². The predicted molar refractivity (Wildman–Crippen MR) is 115 cm³/mol. The molecule has 0 bridgehead atoms. The van der Waals surface area contributed by atoms with Crippen molar-refractivity contribution in [2.75, 3.05) is 25.1 Å². The molecule has 2 aromatic rings. The molecule has 2 aromatic carbocycles. The van der Waals surface area contributed by atoms with E-state index >= 15 is 0 Å². The second-order valence-electron chi connectivity index (χ2n) is 6.42. The molecule has 0 spiro atoms. The molecule has 0 aromatic heterocycles. The quantitative estimate of drug-likeness (QED) is 0.288. The first kappa shape index (κ1) is 18.9. The van der Waals surface area contributed by atoms with E-state index in [2.05, 4.69) is 23.1 Å². The normalized spacial score (nSPS) is 15.0. The standard InChI is InChI=1S/C20H20BIN2O2/c1-26-21(22)20(25)18(14-23)12-15-5-6-17-13-19(8-7-16(17)11-15)24-9-3-2-4-10-24/h5-8,11-13H,2-4,9-10H2,1H3/b18-12+. The summed E-state index contributed by atoms with van der Waals surface area (Å²) in [4.78, 5) is 14.6. The lowest BCUT2D eigenvalue weighted by Crippen LogP contribution is -2.29. The number of carbonyl (C=O) groups excluding carboxylic acids is 1. The van der Waals surface area contributed by atoms with Gasteiger partial charge < -0.3 is 14.3 Å². The molecule has 0 N–H and O–H groups in total. The minimum atomic E-state index is -0.647. The van der Waals surface area contributed by atoms with Gasteiger partial charge in [0.1, 0.15) is 6.07 Å². The summed E-state index contributed by atoms with van der Waals surface area (Å²) in [6, 6.07) is 14.5. The third-order valence-electron chi connectivity index (χ3n) is 4.68. The van der Waals surface area contributed by atoms with Gasteiger partial charge in [-0.3, -0.25) is 0 Å². The van der Waals surface area contributed by atoms with Crippen molar-refractivity contribution in [1.82, 2.24) is 0 Å². The molecule has 132 valence electrons. The number of hydrogen-bond acceptors (Lipinski definition) is 4. The van der Waals surface area contributed by atoms with Gasteiger partial charge in [-0.05, 0) is 59.9 Å². The molecule has 1 aliphatic rings. The number of fused-ring (bicyclic) bond motifs is 1. The van der Waals surface area contributed by atoms with Crippen molar-refractivity contribution in [3.63, 3.8) is 0 Å². The summed E-state index contributed by atoms with van der Waals surface area (Å²) in [6.07, 6.45) is 5.46. The van der Waals surface area contributed by atoms with Gasteiger partial charge in [-0.25, -0.2) is 0 Å². The van der Waals surface area contributed by atoms with E-state index < -0.39 is 4.77 Å². The second kappa shape index (κ2) is 8.69. The molecule has 0 radical (unpaired) electrons. The number of carbonyl (C=O) groups is 1. The lowest BCUT2D eigenvalue weighted by Gasteiger charge is -2.29. The molecule has 0 aliphatic carbocycles. The number of halogens is 1. The van der Waals surface area contributed by atoms with Crippen LogP contribution >= 0.6 is 22.4 Å². The highest BCUT2D eigenvalue weighted by atomic mass is 127. The third-order valence-corrected chi connectivity index (χ3v) is 5.75. The Morgan fingerprint density at radius 1 is 1.19 bits per heavy atom. The molecular formula is C20H20BIN2O2. The predicted octanol–water partition coefficient (Wildman–Crippen LogP) is 4.41. The molecule has 0 saturated carbocycles. The number of rotatable bonds is 5. The number of nitriles is 1. The van der Waals surface area contributed by atoms with Crippen molar-refractivity contribution >= 4 is 55.4 Å². The maximum Gasteiger partial charge on any atom is 0.446 e. The zero-order valence-electron chi connectivity index (χ0n) is 14.7. The largest absolute Gasteiger partial charge is 0.446 e. The van der Waals surface area contributed by atoms with E-state index in [1.807, 2.05) is 46.6 Å². The Balaban J connectivity index is 1.88. The molecule has 0 unspecified atom stereocenters. The van der Waals surface area contributed by atoms with Gasteiger partial charge >= 0.3 is 4.77 Å². The molecule has 0 atom stereocenters. The number of nitrogens with zero attached hydrogens (tertiary/aromatic N) is 2. The highest BCUT2D eigenvalue weighted by Gasteiger charge is 2.24. The Morgan fingerprint density at radius 2 is 1.88 bits per heavy atom. The van der Waals surface area contributed by atoms with Crippen LogP contribution < -0.4 is 4.90 Å². The first-order valence-electron chi connectivity index (χ1n) is 8.74. The molecule has 3 rings (SSSR count). The average Bonchev–Trinajstić information content (AvgIpc) is 2.71. The van der Waals surface area contributed by atoms with Gasteiger partial charge in [0.15, 0.2) is 5.68 Å². The number of anilines is 1. The summed E-state index contributed by atoms with van der Waals surface area (Å²) in [5.41, 5.74) is 1.90. The summed E-state index contributed by atoms with van der Waals surface area (Å²) in [7, 11) is 1.46. The Kier molecular flexibility index (Phi) is 6.33. The monoisotopic (exact) mass is 458 g/mol. The number of allylic oxidation sites excluding steroid dienone is 1. The zero-order chi connectivity index (χ0) is 18.5. The number of hydrogen-bond donors (Lipinski definition) is 0. The van der Waals surface area contributed by atoms with Crippen molar-refractivity contribution in [2.24, 2.45) is 0 Å². The van der Waals surface area contributed by atoms with Crippen LogP contribution in [0.5, 0.6) is 0 Å². The van der Waals surface area contributed by atoms with Crippen LogP contribution in [0.1, 0.15) is 24.8 Å². The maximum atomic E-state index is 12.2. The van der Waals surface area contributed by atoms with E-state index in [0.29, 0.717) is 0 Å². The van der Waals surface area contributed by atoms with Crippen LogP contribution in [0.2, 0.25) is 0 Å². The highest BCUT2D eigenvalue weighted by molar-refractivity contribution is 14.1. The minimum Gasteiger partial charge on any atom is -0.423 e. The van der Waals surface area contributed by atoms with Gasteiger partial charge in [-0.1, -0.05) is 40.6 Å². The van der Waals surface area contributed by atoms with Gasteiger partial charge in [0, 0.05) is 25.9 Å². The minimum absolute atomic E-state index is 0.107. The van der Waals surface area contributed by atoms with Gasteiger partial charge in [0.2, 0.25) is 0 Å². The summed E-state index contributed by atoms with van der Waals surface area (Å²) in [5.74, 6) is 0. The summed E-state index contributed by atoms with van der Waals surface area (Å²) < 4.78 is 4.37. The van der Waals surface area contributed by atoms with Crippen LogP contribution in [0.25, 0.3) is 16.8 Å². The lowest BCUT2D eigenvalue weighted by atomic mass is 9.86.